The van der Waals surface area contributed by atoms with E-state index in [2.05, 4.69) is 5.32 Å². The van der Waals surface area contributed by atoms with Crippen molar-refractivity contribution in [3.05, 3.63) is 82.2 Å². The van der Waals surface area contributed by atoms with Crippen LogP contribution in [0.4, 0.5) is 11.4 Å². The zero-order chi connectivity index (χ0) is 17.8. The SMILES string of the molecule is Cc1ccccc1NC(=O)c1c(NO)cc(-c2ccccc2)oc1=O. The Morgan fingerprint density at radius 3 is 2.36 bits per heavy atom. The van der Waals surface area contributed by atoms with E-state index in [9.17, 15) is 14.8 Å². The predicted octanol–water partition coefficient (Wildman–Crippen LogP) is 3.67. The molecular weight excluding hydrogens is 320 g/mol. The van der Waals surface area contributed by atoms with Gasteiger partial charge in [0.05, 0.1) is 5.69 Å². The topological polar surface area (TPSA) is 91.6 Å². The minimum atomic E-state index is -0.844. The molecule has 0 aliphatic carbocycles. The van der Waals surface area contributed by atoms with Crippen molar-refractivity contribution in [1.29, 1.82) is 0 Å². The fourth-order valence-electron chi connectivity index (χ4n) is 2.44. The normalized spacial score (nSPS) is 10.3. The van der Waals surface area contributed by atoms with E-state index in [1.807, 2.05) is 30.6 Å². The van der Waals surface area contributed by atoms with Crippen LogP contribution in [0.5, 0.6) is 0 Å². The molecule has 1 aromatic heterocycles. The molecule has 0 aliphatic heterocycles. The Morgan fingerprint density at radius 2 is 1.68 bits per heavy atom. The maximum atomic E-state index is 12.5. The lowest BCUT2D eigenvalue weighted by molar-refractivity contribution is 0.102. The molecule has 0 aliphatic rings. The number of aryl methyl sites for hydroxylation is 1. The number of anilines is 2. The molecule has 0 atom stereocenters. The monoisotopic (exact) mass is 336 g/mol. The van der Waals surface area contributed by atoms with Gasteiger partial charge in [-0.3, -0.25) is 15.5 Å². The fraction of sp³-hybridized carbons (Fsp3) is 0.0526. The van der Waals surface area contributed by atoms with Gasteiger partial charge in [-0.2, -0.15) is 0 Å². The Morgan fingerprint density at radius 1 is 1.00 bits per heavy atom. The van der Waals surface area contributed by atoms with E-state index in [0.717, 1.165) is 5.56 Å². The van der Waals surface area contributed by atoms with Gasteiger partial charge in [0.25, 0.3) is 5.91 Å². The molecule has 6 heteroatoms. The summed E-state index contributed by atoms with van der Waals surface area (Å²) in [5.74, 6) is -0.422. The minimum absolute atomic E-state index is 0.0267. The average molecular weight is 336 g/mol. The van der Waals surface area contributed by atoms with Crippen molar-refractivity contribution in [3.63, 3.8) is 0 Å². The Labute approximate surface area is 143 Å². The highest BCUT2D eigenvalue weighted by Gasteiger charge is 2.20. The number of benzene rings is 2. The molecule has 0 saturated carbocycles. The lowest BCUT2D eigenvalue weighted by atomic mass is 10.1. The molecule has 0 saturated heterocycles. The Balaban J connectivity index is 2.00. The van der Waals surface area contributed by atoms with Gasteiger partial charge in [-0.25, -0.2) is 4.79 Å². The van der Waals surface area contributed by atoms with Gasteiger partial charge >= 0.3 is 5.63 Å². The first-order chi connectivity index (χ1) is 12.1. The van der Waals surface area contributed by atoms with E-state index in [1.54, 1.807) is 36.4 Å². The molecule has 3 aromatic rings. The summed E-state index contributed by atoms with van der Waals surface area (Å²) in [6, 6.07) is 17.5. The van der Waals surface area contributed by atoms with E-state index < -0.39 is 11.5 Å². The second-order valence-corrected chi connectivity index (χ2v) is 5.43. The molecule has 126 valence electrons. The number of rotatable bonds is 4. The van der Waals surface area contributed by atoms with E-state index >= 15 is 0 Å². The number of carbonyl (C=O) groups is 1. The molecule has 3 rings (SSSR count). The second kappa shape index (κ2) is 7.02. The highest BCUT2D eigenvalue weighted by molar-refractivity contribution is 6.08. The molecule has 1 heterocycles. The lowest BCUT2D eigenvalue weighted by Gasteiger charge is -2.11. The van der Waals surface area contributed by atoms with Crippen LogP contribution in [0.25, 0.3) is 11.3 Å². The van der Waals surface area contributed by atoms with Gasteiger partial charge in [0.2, 0.25) is 0 Å². The van der Waals surface area contributed by atoms with Gasteiger partial charge in [-0.1, -0.05) is 48.5 Å². The maximum absolute atomic E-state index is 12.5. The number of hydrogen-bond donors (Lipinski definition) is 3. The third-order valence-corrected chi connectivity index (χ3v) is 3.75. The first-order valence-corrected chi connectivity index (χ1v) is 7.61. The lowest BCUT2D eigenvalue weighted by Crippen LogP contribution is -2.23. The minimum Gasteiger partial charge on any atom is -0.422 e. The summed E-state index contributed by atoms with van der Waals surface area (Å²) in [5, 5.41) is 12.0. The summed E-state index contributed by atoms with van der Waals surface area (Å²) in [7, 11) is 0. The molecule has 0 bridgehead atoms. The van der Waals surface area contributed by atoms with Gasteiger partial charge < -0.3 is 9.73 Å². The van der Waals surface area contributed by atoms with Gasteiger partial charge in [-0.15, -0.1) is 0 Å². The highest BCUT2D eigenvalue weighted by Crippen LogP contribution is 2.24. The maximum Gasteiger partial charge on any atom is 0.351 e. The van der Waals surface area contributed by atoms with Crippen LogP contribution >= 0.6 is 0 Å². The number of carbonyl (C=O) groups excluding carboxylic acids is 1. The number of hydrogen-bond acceptors (Lipinski definition) is 5. The van der Waals surface area contributed by atoms with Crippen molar-refractivity contribution in [2.75, 3.05) is 10.8 Å². The van der Waals surface area contributed by atoms with Crippen molar-refractivity contribution in [1.82, 2.24) is 0 Å². The van der Waals surface area contributed by atoms with Crippen LogP contribution < -0.4 is 16.4 Å². The van der Waals surface area contributed by atoms with E-state index in [0.29, 0.717) is 11.3 Å². The summed E-state index contributed by atoms with van der Waals surface area (Å²) in [4.78, 5) is 24.8. The van der Waals surface area contributed by atoms with E-state index in [-0.39, 0.29) is 17.0 Å². The van der Waals surface area contributed by atoms with Crippen LogP contribution in [0.2, 0.25) is 0 Å². The highest BCUT2D eigenvalue weighted by atomic mass is 16.5. The van der Waals surface area contributed by atoms with Crippen LogP contribution in [0, 0.1) is 6.92 Å². The summed E-state index contributed by atoms with van der Waals surface area (Å²) in [5.41, 5.74) is 2.81. The number of amides is 1. The zero-order valence-corrected chi connectivity index (χ0v) is 13.4. The first kappa shape index (κ1) is 16.5. The number of nitrogens with one attached hydrogen (secondary N) is 2. The smallest absolute Gasteiger partial charge is 0.351 e. The van der Waals surface area contributed by atoms with E-state index in [4.69, 9.17) is 4.42 Å². The van der Waals surface area contributed by atoms with Gasteiger partial charge in [0, 0.05) is 17.3 Å². The molecule has 0 unspecified atom stereocenters. The van der Waals surface area contributed by atoms with Gasteiger partial charge in [0.15, 0.2) is 5.56 Å². The molecule has 0 fully saturated rings. The van der Waals surface area contributed by atoms with Crippen molar-refractivity contribution in [2.24, 2.45) is 0 Å². The Hall–Kier alpha value is -3.38. The standard InChI is InChI=1S/C19H16N2O4/c1-12-7-5-6-10-14(12)20-18(22)17-15(21-24)11-16(25-19(17)23)13-8-3-2-4-9-13/h2-11,21,24H,1H3,(H,20,22). The number of para-hydroxylation sites is 1. The molecule has 0 spiro atoms. The molecule has 0 radical (unpaired) electrons. The van der Waals surface area contributed by atoms with Crippen LogP contribution in [0.15, 0.2) is 69.9 Å². The molecular formula is C19H16N2O4. The van der Waals surface area contributed by atoms with E-state index in [1.165, 1.54) is 6.07 Å². The van der Waals surface area contributed by atoms with Crippen molar-refractivity contribution in [3.8, 4) is 11.3 Å². The fourth-order valence-corrected chi connectivity index (χ4v) is 2.44. The third-order valence-electron chi connectivity index (χ3n) is 3.75. The van der Waals surface area contributed by atoms with Crippen molar-refractivity contribution in [2.45, 2.75) is 6.92 Å². The van der Waals surface area contributed by atoms with Crippen LogP contribution in [-0.4, -0.2) is 11.1 Å². The molecule has 3 N–H and O–H groups in total. The van der Waals surface area contributed by atoms with Crippen LogP contribution in [0.1, 0.15) is 15.9 Å². The second-order valence-electron chi connectivity index (χ2n) is 5.43. The summed E-state index contributed by atoms with van der Waals surface area (Å²) in [6.45, 7) is 1.84. The van der Waals surface area contributed by atoms with Crippen molar-refractivity contribution >= 4 is 17.3 Å². The largest absolute Gasteiger partial charge is 0.422 e. The summed E-state index contributed by atoms with van der Waals surface area (Å²) < 4.78 is 5.26. The molecule has 2 aromatic carbocycles. The van der Waals surface area contributed by atoms with Crippen LogP contribution in [-0.2, 0) is 0 Å². The predicted molar refractivity (Wildman–Crippen MR) is 95.0 cm³/mol. The van der Waals surface area contributed by atoms with Gasteiger partial charge in [0.1, 0.15) is 5.76 Å². The Bertz CT molecular complexity index is 965. The van der Waals surface area contributed by atoms with Crippen molar-refractivity contribution < 1.29 is 14.4 Å². The molecule has 25 heavy (non-hydrogen) atoms. The quantitative estimate of drug-likeness (QED) is 0.632. The summed E-state index contributed by atoms with van der Waals surface area (Å²) in [6.07, 6.45) is 0. The summed E-state index contributed by atoms with van der Waals surface area (Å²) >= 11 is 0. The average Bonchev–Trinajstić information content (AvgIpc) is 2.63. The van der Waals surface area contributed by atoms with Gasteiger partial charge in [-0.05, 0) is 18.6 Å². The molecule has 1 amide bonds. The van der Waals surface area contributed by atoms with Crippen LogP contribution in [0.3, 0.4) is 0 Å². The molecule has 6 nitrogen and oxygen atoms in total. The zero-order valence-electron chi connectivity index (χ0n) is 13.4. The first-order valence-electron chi connectivity index (χ1n) is 7.61. The Kier molecular flexibility index (Phi) is 4.63. The third kappa shape index (κ3) is 3.44.